The van der Waals surface area contributed by atoms with Gasteiger partial charge < -0.3 is 29.6 Å². The molecule has 8 heteroatoms. The molecule has 0 atom stereocenters. The second-order valence-electron chi connectivity index (χ2n) is 7.45. The quantitative estimate of drug-likeness (QED) is 0.389. The van der Waals surface area contributed by atoms with Crippen molar-refractivity contribution < 1.29 is 28.5 Å². The minimum Gasteiger partial charge on any atom is -0.493 e. The summed E-state index contributed by atoms with van der Waals surface area (Å²) in [5.74, 6) is 1.73. The molecule has 0 aromatic heterocycles. The monoisotopic (exact) mass is 488 g/mol. The Kier molecular flexibility index (Phi) is 9.11. The summed E-state index contributed by atoms with van der Waals surface area (Å²) >= 11 is 0. The van der Waals surface area contributed by atoms with Crippen LogP contribution >= 0.6 is 0 Å². The molecule has 3 aromatic carbocycles. The first kappa shape index (κ1) is 25.9. The molecule has 0 saturated carbocycles. The third kappa shape index (κ3) is 7.14. The van der Waals surface area contributed by atoms with Crippen LogP contribution in [0, 0.1) is 0 Å². The summed E-state index contributed by atoms with van der Waals surface area (Å²) in [6.45, 7) is 0. The van der Waals surface area contributed by atoms with E-state index in [1.807, 2.05) is 12.1 Å². The summed E-state index contributed by atoms with van der Waals surface area (Å²) in [6, 6.07) is 17.6. The van der Waals surface area contributed by atoms with Crippen molar-refractivity contribution in [2.45, 2.75) is 0 Å². The van der Waals surface area contributed by atoms with Crippen LogP contribution in [-0.4, -0.2) is 40.3 Å². The highest BCUT2D eigenvalue weighted by Gasteiger charge is 2.06. The fraction of sp³-hybridized carbons (Fsp3) is 0.143. The molecule has 0 spiro atoms. The zero-order valence-corrected chi connectivity index (χ0v) is 20.5. The first-order valence-corrected chi connectivity index (χ1v) is 11.0. The van der Waals surface area contributed by atoms with Crippen LogP contribution < -0.4 is 29.6 Å². The van der Waals surface area contributed by atoms with Crippen molar-refractivity contribution in [2.75, 3.05) is 39.1 Å². The largest absolute Gasteiger partial charge is 0.493 e. The summed E-state index contributed by atoms with van der Waals surface area (Å²) in [7, 11) is 6.23. The Hall–Kier alpha value is -4.72. The van der Waals surface area contributed by atoms with Gasteiger partial charge in [-0.15, -0.1) is 0 Å². The Labute approximate surface area is 210 Å². The molecular weight excluding hydrogens is 460 g/mol. The van der Waals surface area contributed by atoms with Gasteiger partial charge in [0.1, 0.15) is 0 Å². The van der Waals surface area contributed by atoms with Gasteiger partial charge in [0, 0.05) is 23.5 Å². The van der Waals surface area contributed by atoms with Crippen LogP contribution in [0.3, 0.4) is 0 Å². The van der Waals surface area contributed by atoms with E-state index in [4.69, 9.17) is 18.9 Å². The Morgan fingerprint density at radius 3 is 1.39 bits per heavy atom. The molecule has 36 heavy (non-hydrogen) atoms. The minimum atomic E-state index is -0.318. The fourth-order valence-corrected chi connectivity index (χ4v) is 3.30. The second kappa shape index (κ2) is 12.7. The van der Waals surface area contributed by atoms with Crippen LogP contribution in [-0.2, 0) is 9.59 Å². The lowest BCUT2D eigenvalue weighted by molar-refractivity contribution is -0.112. The van der Waals surface area contributed by atoms with Gasteiger partial charge in [-0.1, -0.05) is 18.2 Å². The van der Waals surface area contributed by atoms with Crippen LogP contribution in [0.25, 0.3) is 12.2 Å². The molecule has 3 aromatic rings. The average Bonchev–Trinajstić information content (AvgIpc) is 2.90. The molecule has 0 bridgehead atoms. The molecule has 0 unspecified atom stereocenters. The van der Waals surface area contributed by atoms with Crippen LogP contribution in [0.2, 0.25) is 0 Å². The number of carbonyl (C=O) groups is 2. The summed E-state index contributed by atoms with van der Waals surface area (Å²) in [6.07, 6.45) is 6.17. The van der Waals surface area contributed by atoms with Crippen molar-refractivity contribution in [3.05, 3.63) is 83.9 Å². The SMILES string of the molecule is COc1ccc(/C=C/C(=O)Nc2cccc(NC(=O)/C=C/c3ccc(OC)c(OC)c3)c2)cc1OC. The maximum absolute atomic E-state index is 12.4. The van der Waals surface area contributed by atoms with Gasteiger partial charge >= 0.3 is 0 Å². The molecule has 8 nitrogen and oxygen atoms in total. The Bertz CT molecular complexity index is 1190. The van der Waals surface area contributed by atoms with Gasteiger partial charge in [-0.3, -0.25) is 9.59 Å². The summed E-state index contributed by atoms with van der Waals surface area (Å²) in [4.78, 5) is 24.8. The predicted octanol–water partition coefficient (Wildman–Crippen LogP) is 5.02. The maximum atomic E-state index is 12.4. The third-order valence-electron chi connectivity index (χ3n) is 5.07. The molecule has 0 heterocycles. The molecule has 0 fully saturated rings. The van der Waals surface area contributed by atoms with Gasteiger partial charge in [0.05, 0.1) is 28.4 Å². The topological polar surface area (TPSA) is 95.1 Å². The van der Waals surface area contributed by atoms with Gasteiger partial charge in [0.25, 0.3) is 0 Å². The molecule has 3 rings (SSSR count). The molecule has 0 radical (unpaired) electrons. The highest BCUT2D eigenvalue weighted by molar-refractivity contribution is 6.04. The van der Waals surface area contributed by atoms with Crippen molar-refractivity contribution in [1.29, 1.82) is 0 Å². The number of rotatable bonds is 10. The average molecular weight is 489 g/mol. The predicted molar refractivity (Wildman–Crippen MR) is 141 cm³/mol. The van der Waals surface area contributed by atoms with E-state index in [1.165, 1.54) is 12.2 Å². The summed E-state index contributed by atoms with van der Waals surface area (Å²) in [5.41, 5.74) is 2.65. The van der Waals surface area contributed by atoms with Crippen LogP contribution in [0.15, 0.2) is 72.8 Å². The highest BCUT2D eigenvalue weighted by Crippen LogP contribution is 2.29. The third-order valence-corrected chi connectivity index (χ3v) is 5.07. The number of nitrogens with one attached hydrogen (secondary N) is 2. The van der Waals surface area contributed by atoms with E-state index < -0.39 is 0 Å². The number of anilines is 2. The standard InChI is InChI=1S/C28H28N2O6/c1-33-23-12-8-19(16-25(23)35-3)10-14-27(31)29-21-6-5-7-22(18-21)30-28(32)15-11-20-9-13-24(34-2)26(17-20)36-4/h5-18H,1-4H3,(H,29,31)(H,30,32)/b14-10+,15-11+. The lowest BCUT2D eigenvalue weighted by atomic mass is 10.2. The van der Waals surface area contributed by atoms with E-state index in [9.17, 15) is 9.59 Å². The van der Waals surface area contributed by atoms with Gasteiger partial charge in [-0.2, -0.15) is 0 Å². The van der Waals surface area contributed by atoms with E-state index in [0.717, 1.165) is 11.1 Å². The van der Waals surface area contributed by atoms with E-state index in [0.29, 0.717) is 34.4 Å². The van der Waals surface area contributed by atoms with Crippen molar-refractivity contribution in [3.8, 4) is 23.0 Å². The molecule has 0 saturated heterocycles. The van der Waals surface area contributed by atoms with Crippen molar-refractivity contribution >= 4 is 35.3 Å². The normalized spacial score (nSPS) is 10.8. The molecule has 0 aliphatic rings. The van der Waals surface area contributed by atoms with Crippen molar-refractivity contribution in [2.24, 2.45) is 0 Å². The Balaban J connectivity index is 1.60. The number of hydrogen-bond donors (Lipinski definition) is 2. The molecule has 2 amide bonds. The van der Waals surface area contributed by atoms with E-state index in [1.54, 1.807) is 89.1 Å². The zero-order chi connectivity index (χ0) is 25.9. The molecule has 186 valence electrons. The second-order valence-corrected chi connectivity index (χ2v) is 7.45. The van der Waals surface area contributed by atoms with Gasteiger partial charge in [-0.25, -0.2) is 0 Å². The van der Waals surface area contributed by atoms with Crippen molar-refractivity contribution in [3.63, 3.8) is 0 Å². The first-order valence-electron chi connectivity index (χ1n) is 11.0. The van der Waals surface area contributed by atoms with Crippen molar-refractivity contribution in [1.82, 2.24) is 0 Å². The first-order chi connectivity index (χ1) is 17.4. The van der Waals surface area contributed by atoms with E-state index in [-0.39, 0.29) is 11.8 Å². The number of amides is 2. The van der Waals surface area contributed by atoms with E-state index in [2.05, 4.69) is 10.6 Å². The lowest BCUT2D eigenvalue weighted by Gasteiger charge is -2.08. The smallest absolute Gasteiger partial charge is 0.248 e. The van der Waals surface area contributed by atoms with Gasteiger partial charge in [0.15, 0.2) is 23.0 Å². The minimum absolute atomic E-state index is 0.318. The Morgan fingerprint density at radius 2 is 1.00 bits per heavy atom. The summed E-state index contributed by atoms with van der Waals surface area (Å²) in [5, 5.41) is 5.56. The number of ether oxygens (including phenoxy) is 4. The summed E-state index contributed by atoms with van der Waals surface area (Å²) < 4.78 is 21.0. The van der Waals surface area contributed by atoms with Gasteiger partial charge in [0.2, 0.25) is 11.8 Å². The molecular formula is C28H28N2O6. The van der Waals surface area contributed by atoms with Crippen LogP contribution in [0.5, 0.6) is 23.0 Å². The number of carbonyl (C=O) groups excluding carboxylic acids is 2. The zero-order valence-electron chi connectivity index (χ0n) is 20.5. The number of hydrogen-bond acceptors (Lipinski definition) is 6. The van der Waals surface area contributed by atoms with Crippen LogP contribution in [0.4, 0.5) is 11.4 Å². The Morgan fingerprint density at radius 1 is 0.583 bits per heavy atom. The molecule has 0 aliphatic heterocycles. The fourth-order valence-electron chi connectivity index (χ4n) is 3.30. The number of methoxy groups -OCH3 is 4. The highest BCUT2D eigenvalue weighted by atomic mass is 16.5. The lowest BCUT2D eigenvalue weighted by Crippen LogP contribution is -2.10. The number of benzene rings is 3. The van der Waals surface area contributed by atoms with Crippen LogP contribution in [0.1, 0.15) is 11.1 Å². The van der Waals surface area contributed by atoms with E-state index >= 15 is 0 Å². The maximum Gasteiger partial charge on any atom is 0.248 e. The van der Waals surface area contributed by atoms with Gasteiger partial charge in [-0.05, 0) is 65.7 Å². The molecule has 0 aliphatic carbocycles. The molecule has 2 N–H and O–H groups in total.